The van der Waals surface area contributed by atoms with E-state index in [2.05, 4.69) is 25.2 Å². The summed E-state index contributed by atoms with van der Waals surface area (Å²) in [5, 5.41) is 15.7. The molecular weight excluding hydrogens is 366 g/mol. The molecule has 3 rings (SSSR count). The average molecular weight is 391 g/mol. The molecule has 2 aromatic heterocycles. The molecule has 0 aromatic carbocycles. The van der Waals surface area contributed by atoms with Gasteiger partial charge in [0.15, 0.2) is 10.8 Å². The molecule has 9 heteroatoms. The zero-order chi connectivity index (χ0) is 19.2. The van der Waals surface area contributed by atoms with Crippen molar-refractivity contribution in [1.82, 2.24) is 15.0 Å². The Labute approximate surface area is 162 Å². The zero-order valence-electron chi connectivity index (χ0n) is 15.6. The molecule has 2 aromatic rings. The van der Waals surface area contributed by atoms with Crippen molar-refractivity contribution in [3.05, 3.63) is 23.3 Å². The van der Waals surface area contributed by atoms with Crippen LogP contribution < -0.4 is 15.0 Å². The minimum Gasteiger partial charge on any atom is -0.477 e. The van der Waals surface area contributed by atoms with Gasteiger partial charge >= 0.3 is 12.0 Å². The smallest absolute Gasteiger partial charge is 0.354 e. The van der Waals surface area contributed by atoms with Crippen LogP contribution in [0.1, 0.15) is 50.0 Å². The zero-order valence-corrected chi connectivity index (χ0v) is 16.4. The largest absolute Gasteiger partial charge is 0.477 e. The Kier molecular flexibility index (Phi) is 6.44. The first kappa shape index (κ1) is 19.3. The number of aromatic nitrogens is 3. The molecule has 0 saturated carbocycles. The van der Waals surface area contributed by atoms with Gasteiger partial charge in [-0.25, -0.2) is 9.78 Å². The summed E-state index contributed by atoms with van der Waals surface area (Å²) in [6, 6.07) is 1.81. The lowest BCUT2D eigenvalue weighted by Crippen LogP contribution is -2.39. The van der Waals surface area contributed by atoms with Gasteiger partial charge in [0.05, 0.1) is 0 Å². The van der Waals surface area contributed by atoms with E-state index >= 15 is 0 Å². The summed E-state index contributed by atoms with van der Waals surface area (Å²) < 4.78 is 5.76. The van der Waals surface area contributed by atoms with E-state index in [1.165, 1.54) is 6.07 Å². The molecule has 2 N–H and O–H groups in total. The molecule has 27 heavy (non-hydrogen) atoms. The van der Waals surface area contributed by atoms with Crippen molar-refractivity contribution in [1.29, 1.82) is 0 Å². The maximum Gasteiger partial charge on any atom is 0.354 e. The Balaban J connectivity index is 1.67. The molecule has 0 amide bonds. The fourth-order valence-electron chi connectivity index (χ4n) is 3.06. The van der Waals surface area contributed by atoms with Crippen LogP contribution in [-0.2, 0) is 0 Å². The summed E-state index contributed by atoms with van der Waals surface area (Å²) in [5.41, 5.74) is -0.0614. The van der Waals surface area contributed by atoms with Gasteiger partial charge in [0.25, 0.3) is 0 Å². The Morgan fingerprint density at radius 3 is 2.70 bits per heavy atom. The predicted octanol–water partition coefficient (Wildman–Crippen LogP) is 3.28. The molecule has 146 valence electrons. The molecule has 0 bridgehead atoms. The molecule has 1 aliphatic rings. The fraction of sp³-hybridized carbons (Fsp3) is 0.556. The number of rotatable bonds is 8. The van der Waals surface area contributed by atoms with Crippen molar-refractivity contribution in [2.45, 2.75) is 51.7 Å². The van der Waals surface area contributed by atoms with E-state index < -0.39 is 5.97 Å². The van der Waals surface area contributed by atoms with Crippen molar-refractivity contribution < 1.29 is 14.6 Å². The van der Waals surface area contributed by atoms with Crippen molar-refractivity contribution >= 4 is 28.3 Å². The van der Waals surface area contributed by atoms with Gasteiger partial charge in [0.2, 0.25) is 0 Å². The molecule has 1 saturated heterocycles. The molecule has 1 aliphatic heterocycles. The van der Waals surface area contributed by atoms with Crippen LogP contribution in [0.3, 0.4) is 0 Å². The Morgan fingerprint density at radius 2 is 2.11 bits per heavy atom. The summed E-state index contributed by atoms with van der Waals surface area (Å²) in [4.78, 5) is 26.4. The monoisotopic (exact) mass is 391 g/mol. The second-order valence-corrected chi connectivity index (χ2v) is 7.38. The molecule has 0 aliphatic carbocycles. The van der Waals surface area contributed by atoms with Crippen molar-refractivity contribution in [3.8, 4) is 6.01 Å². The van der Waals surface area contributed by atoms with Crippen LogP contribution in [0, 0.1) is 0 Å². The quantitative estimate of drug-likeness (QED) is 0.707. The lowest BCUT2D eigenvalue weighted by Gasteiger charge is -2.32. The highest BCUT2D eigenvalue weighted by Crippen LogP contribution is 2.24. The predicted molar refractivity (Wildman–Crippen MR) is 105 cm³/mol. The fourth-order valence-corrected chi connectivity index (χ4v) is 3.76. The molecule has 0 spiro atoms. The van der Waals surface area contributed by atoms with E-state index in [0.717, 1.165) is 43.9 Å². The SMILES string of the molecule is CCC(CC)Oc1nc(NC2CCN(c3nccs3)CC2)cc(C(=O)O)n1. The molecule has 1 fully saturated rings. The normalized spacial score (nSPS) is 15.1. The number of hydrogen-bond acceptors (Lipinski definition) is 8. The summed E-state index contributed by atoms with van der Waals surface area (Å²) in [6.45, 7) is 5.84. The second-order valence-electron chi connectivity index (χ2n) is 6.50. The van der Waals surface area contributed by atoms with E-state index in [-0.39, 0.29) is 23.9 Å². The number of piperidine rings is 1. The van der Waals surface area contributed by atoms with Gasteiger partial charge in [0, 0.05) is 36.8 Å². The maximum absolute atomic E-state index is 11.4. The first-order chi connectivity index (χ1) is 13.1. The van der Waals surface area contributed by atoms with Crippen molar-refractivity contribution in [2.24, 2.45) is 0 Å². The molecule has 0 unspecified atom stereocenters. The number of nitrogens with zero attached hydrogens (tertiary/aromatic N) is 4. The Bertz CT molecular complexity index is 743. The summed E-state index contributed by atoms with van der Waals surface area (Å²) in [6.07, 6.45) is 5.27. The van der Waals surface area contributed by atoms with Gasteiger partial charge in [-0.1, -0.05) is 13.8 Å². The van der Waals surface area contributed by atoms with E-state index in [9.17, 15) is 9.90 Å². The highest BCUT2D eigenvalue weighted by atomic mass is 32.1. The number of carboxylic acids is 1. The van der Waals surface area contributed by atoms with Crippen LogP contribution in [0.2, 0.25) is 0 Å². The highest BCUT2D eigenvalue weighted by Gasteiger charge is 2.22. The van der Waals surface area contributed by atoms with Crippen LogP contribution in [0.5, 0.6) is 6.01 Å². The van der Waals surface area contributed by atoms with E-state index in [1.54, 1.807) is 11.3 Å². The molecule has 3 heterocycles. The number of carbonyl (C=O) groups is 1. The molecule has 0 radical (unpaired) electrons. The topological polar surface area (TPSA) is 100 Å². The number of hydrogen-bond donors (Lipinski definition) is 2. The molecule has 8 nitrogen and oxygen atoms in total. The van der Waals surface area contributed by atoms with Gasteiger partial charge in [0.1, 0.15) is 11.9 Å². The maximum atomic E-state index is 11.4. The van der Waals surface area contributed by atoms with Gasteiger partial charge in [-0.3, -0.25) is 0 Å². The lowest BCUT2D eigenvalue weighted by molar-refractivity contribution is 0.0687. The number of nitrogens with one attached hydrogen (secondary N) is 1. The first-order valence-electron chi connectivity index (χ1n) is 9.29. The van der Waals surface area contributed by atoms with Crippen LogP contribution >= 0.6 is 11.3 Å². The van der Waals surface area contributed by atoms with Gasteiger partial charge in [-0.15, -0.1) is 11.3 Å². The van der Waals surface area contributed by atoms with Gasteiger partial charge in [-0.05, 0) is 25.7 Å². The minimum atomic E-state index is -1.09. The highest BCUT2D eigenvalue weighted by molar-refractivity contribution is 7.13. The summed E-state index contributed by atoms with van der Waals surface area (Å²) in [7, 11) is 0. The number of aromatic carboxylic acids is 1. The average Bonchev–Trinajstić information content (AvgIpc) is 3.21. The first-order valence-corrected chi connectivity index (χ1v) is 10.2. The number of thiazole rings is 1. The number of carboxylic acid groups (broad SMARTS) is 1. The van der Waals surface area contributed by atoms with E-state index in [1.807, 2.05) is 25.4 Å². The van der Waals surface area contributed by atoms with Crippen molar-refractivity contribution in [2.75, 3.05) is 23.3 Å². The Hall–Kier alpha value is -2.42. The van der Waals surface area contributed by atoms with Crippen LogP contribution in [-0.4, -0.2) is 51.3 Å². The molecule has 0 atom stereocenters. The van der Waals surface area contributed by atoms with Crippen LogP contribution in [0.25, 0.3) is 0 Å². The second kappa shape index (κ2) is 8.98. The number of ether oxygens (including phenoxy) is 1. The van der Waals surface area contributed by atoms with Crippen molar-refractivity contribution in [3.63, 3.8) is 0 Å². The van der Waals surface area contributed by atoms with E-state index in [4.69, 9.17) is 4.74 Å². The third kappa shape index (κ3) is 5.06. The Morgan fingerprint density at radius 1 is 1.37 bits per heavy atom. The third-order valence-corrected chi connectivity index (χ3v) is 5.48. The van der Waals surface area contributed by atoms with Gasteiger partial charge in [-0.2, -0.15) is 9.97 Å². The van der Waals surface area contributed by atoms with Gasteiger partial charge < -0.3 is 20.1 Å². The van der Waals surface area contributed by atoms with Crippen LogP contribution in [0.15, 0.2) is 17.6 Å². The van der Waals surface area contributed by atoms with E-state index in [0.29, 0.717) is 5.82 Å². The third-order valence-electron chi connectivity index (χ3n) is 4.64. The minimum absolute atomic E-state index is 0.0246. The lowest BCUT2D eigenvalue weighted by atomic mass is 10.1. The summed E-state index contributed by atoms with van der Waals surface area (Å²) >= 11 is 1.64. The molecular formula is C18H25N5O3S. The van der Waals surface area contributed by atoms with Crippen LogP contribution in [0.4, 0.5) is 10.9 Å². The standard InChI is InChI=1S/C18H25N5O3S/c1-3-13(4-2)26-17-21-14(16(24)25)11-15(22-17)20-12-5-8-23(9-6-12)18-19-7-10-27-18/h7,10-13H,3-6,8-9H2,1-2H3,(H,24,25)(H,20,21,22). The number of anilines is 2. The summed E-state index contributed by atoms with van der Waals surface area (Å²) in [5.74, 6) is -0.593.